The van der Waals surface area contributed by atoms with E-state index >= 15 is 0 Å². The van der Waals surface area contributed by atoms with Gasteiger partial charge in [0.15, 0.2) is 0 Å². The Labute approximate surface area is 141 Å². The van der Waals surface area contributed by atoms with Crippen molar-refractivity contribution < 1.29 is 9.53 Å². The van der Waals surface area contributed by atoms with E-state index < -0.39 is 0 Å². The molecule has 1 amide bonds. The van der Waals surface area contributed by atoms with E-state index in [0.29, 0.717) is 12.2 Å². The van der Waals surface area contributed by atoms with Crippen LogP contribution in [0.3, 0.4) is 0 Å². The van der Waals surface area contributed by atoms with E-state index in [1.54, 1.807) is 6.08 Å². The number of carbonyl (C=O) groups excluding carboxylic acids is 1. The summed E-state index contributed by atoms with van der Waals surface area (Å²) in [5, 5.41) is 2.74. The van der Waals surface area contributed by atoms with E-state index in [-0.39, 0.29) is 18.0 Å². The van der Waals surface area contributed by atoms with Crippen LogP contribution in [0.25, 0.3) is 6.08 Å². The van der Waals surface area contributed by atoms with Crippen molar-refractivity contribution in [1.29, 1.82) is 0 Å². The number of para-hydroxylation sites is 1. The second-order valence-electron chi connectivity index (χ2n) is 5.47. The molecule has 0 unspecified atom stereocenters. The number of aromatic amines is 1. The number of nitrogens with one attached hydrogen (secondary N) is 2. The van der Waals surface area contributed by atoms with Crippen LogP contribution in [0.5, 0.6) is 5.75 Å². The Bertz CT molecular complexity index is 806. The Hall–Kier alpha value is -2.82. The van der Waals surface area contributed by atoms with Crippen LogP contribution in [0.15, 0.2) is 41.2 Å². The van der Waals surface area contributed by atoms with Gasteiger partial charge in [0, 0.05) is 29.4 Å². The first-order valence-corrected chi connectivity index (χ1v) is 7.88. The number of hydrogen-bond acceptors (Lipinski definition) is 3. The molecule has 0 aliphatic rings. The Morgan fingerprint density at radius 2 is 2.04 bits per heavy atom. The van der Waals surface area contributed by atoms with Gasteiger partial charge in [0.2, 0.25) is 5.91 Å². The fourth-order valence-electron chi connectivity index (χ4n) is 2.41. The molecule has 126 valence electrons. The second kappa shape index (κ2) is 8.15. The lowest BCUT2D eigenvalue weighted by atomic mass is 10.1. The number of ether oxygens (including phenoxy) is 1. The summed E-state index contributed by atoms with van der Waals surface area (Å²) in [6.45, 7) is 6.35. The first kappa shape index (κ1) is 17.5. The number of hydrogen-bond donors (Lipinski definition) is 2. The minimum atomic E-state index is -0.263. The highest BCUT2D eigenvalue weighted by Gasteiger charge is 2.06. The maximum absolute atomic E-state index is 12.0. The molecule has 0 saturated heterocycles. The number of rotatable bonds is 6. The van der Waals surface area contributed by atoms with Crippen molar-refractivity contribution in [1.82, 2.24) is 10.3 Å². The van der Waals surface area contributed by atoms with Gasteiger partial charge in [-0.2, -0.15) is 0 Å². The molecule has 0 bridgehead atoms. The average molecular weight is 326 g/mol. The largest absolute Gasteiger partial charge is 0.493 e. The average Bonchev–Trinajstić information content (AvgIpc) is 2.53. The molecule has 5 nitrogen and oxygen atoms in total. The third kappa shape index (κ3) is 4.59. The minimum Gasteiger partial charge on any atom is -0.493 e. The van der Waals surface area contributed by atoms with Crippen LogP contribution in [0.2, 0.25) is 0 Å². The molecule has 0 aliphatic heterocycles. The topological polar surface area (TPSA) is 71.2 Å². The van der Waals surface area contributed by atoms with E-state index in [1.165, 1.54) is 6.08 Å². The maximum atomic E-state index is 12.0. The van der Waals surface area contributed by atoms with Crippen molar-refractivity contribution in [3.63, 3.8) is 0 Å². The second-order valence-corrected chi connectivity index (χ2v) is 5.47. The monoisotopic (exact) mass is 326 g/mol. The highest BCUT2D eigenvalue weighted by molar-refractivity contribution is 5.92. The Morgan fingerprint density at radius 3 is 2.75 bits per heavy atom. The molecular weight excluding hydrogens is 304 g/mol. The molecule has 0 fully saturated rings. The lowest BCUT2D eigenvalue weighted by Crippen LogP contribution is -2.26. The van der Waals surface area contributed by atoms with E-state index in [2.05, 4.69) is 10.3 Å². The smallest absolute Gasteiger partial charge is 0.253 e. The van der Waals surface area contributed by atoms with Crippen molar-refractivity contribution in [2.45, 2.75) is 27.3 Å². The molecular formula is C19H22N2O3. The summed E-state index contributed by atoms with van der Waals surface area (Å²) in [4.78, 5) is 26.7. The quantitative estimate of drug-likeness (QED) is 0.802. The van der Waals surface area contributed by atoms with Gasteiger partial charge in [0.25, 0.3) is 5.56 Å². The van der Waals surface area contributed by atoms with Crippen LogP contribution < -0.4 is 15.6 Å². The van der Waals surface area contributed by atoms with Crippen molar-refractivity contribution in [2.75, 3.05) is 6.61 Å². The number of carbonyl (C=O) groups is 1. The van der Waals surface area contributed by atoms with Gasteiger partial charge in [0.1, 0.15) is 5.75 Å². The molecule has 0 atom stereocenters. The fraction of sp³-hybridized carbons (Fsp3) is 0.263. The third-order valence-corrected chi connectivity index (χ3v) is 3.57. The van der Waals surface area contributed by atoms with Gasteiger partial charge in [-0.15, -0.1) is 0 Å². The highest BCUT2D eigenvalue weighted by Crippen LogP contribution is 2.19. The minimum absolute atomic E-state index is 0.168. The number of amides is 1. The summed E-state index contributed by atoms with van der Waals surface area (Å²) in [6, 6.07) is 9.39. The van der Waals surface area contributed by atoms with Gasteiger partial charge in [-0.25, -0.2) is 0 Å². The molecule has 1 aromatic heterocycles. The predicted octanol–water partition coefficient (Wildman–Crippen LogP) is 2.72. The summed E-state index contributed by atoms with van der Waals surface area (Å²) in [7, 11) is 0. The summed E-state index contributed by atoms with van der Waals surface area (Å²) in [6.07, 6.45) is 3.14. The van der Waals surface area contributed by atoms with Gasteiger partial charge in [0.05, 0.1) is 6.61 Å². The van der Waals surface area contributed by atoms with Gasteiger partial charge in [-0.3, -0.25) is 9.59 Å². The van der Waals surface area contributed by atoms with Gasteiger partial charge >= 0.3 is 0 Å². The van der Waals surface area contributed by atoms with Gasteiger partial charge in [-0.05, 0) is 44.5 Å². The van der Waals surface area contributed by atoms with E-state index in [9.17, 15) is 9.59 Å². The highest BCUT2D eigenvalue weighted by atomic mass is 16.5. The van der Waals surface area contributed by atoms with Crippen molar-refractivity contribution in [3.05, 3.63) is 69.1 Å². The Morgan fingerprint density at radius 1 is 1.29 bits per heavy atom. The normalized spacial score (nSPS) is 10.8. The lowest BCUT2D eigenvalue weighted by molar-refractivity contribution is -0.116. The zero-order valence-electron chi connectivity index (χ0n) is 14.2. The summed E-state index contributed by atoms with van der Waals surface area (Å²) in [5.41, 5.74) is 2.90. The Kier molecular flexibility index (Phi) is 5.95. The summed E-state index contributed by atoms with van der Waals surface area (Å²) < 4.78 is 5.51. The van der Waals surface area contributed by atoms with Crippen LogP contribution in [-0.4, -0.2) is 17.5 Å². The predicted molar refractivity (Wildman–Crippen MR) is 95.0 cm³/mol. The number of pyridine rings is 1. The summed E-state index contributed by atoms with van der Waals surface area (Å²) in [5.74, 6) is 0.468. The first-order valence-electron chi connectivity index (χ1n) is 7.88. The van der Waals surface area contributed by atoms with Gasteiger partial charge in [-0.1, -0.05) is 18.2 Å². The standard InChI is InChI=1S/C19H22N2O3/c1-4-24-17-8-6-5-7-15(17)9-10-18(22)20-12-16-13(2)11-14(3)21-19(16)23/h5-11H,4,12H2,1-3H3,(H,20,22)(H,21,23)/b10-9+. The molecule has 2 aromatic rings. The van der Waals surface area contributed by atoms with Crippen molar-refractivity contribution >= 4 is 12.0 Å². The number of aryl methyl sites for hydroxylation is 2. The fourth-order valence-corrected chi connectivity index (χ4v) is 2.41. The molecule has 1 heterocycles. The van der Waals surface area contributed by atoms with Gasteiger partial charge < -0.3 is 15.0 Å². The number of benzene rings is 1. The molecule has 0 spiro atoms. The zero-order valence-corrected chi connectivity index (χ0v) is 14.2. The number of H-pyrrole nitrogens is 1. The molecule has 1 aromatic carbocycles. The maximum Gasteiger partial charge on any atom is 0.253 e. The van der Waals surface area contributed by atoms with Crippen LogP contribution >= 0.6 is 0 Å². The van der Waals surface area contributed by atoms with Crippen LogP contribution in [-0.2, 0) is 11.3 Å². The van der Waals surface area contributed by atoms with Crippen LogP contribution in [0, 0.1) is 13.8 Å². The molecule has 2 N–H and O–H groups in total. The number of aromatic nitrogens is 1. The first-order chi connectivity index (χ1) is 11.5. The molecule has 2 rings (SSSR count). The zero-order chi connectivity index (χ0) is 17.5. The van der Waals surface area contributed by atoms with Crippen LogP contribution in [0.4, 0.5) is 0 Å². The molecule has 0 saturated carbocycles. The van der Waals surface area contributed by atoms with Crippen LogP contribution in [0.1, 0.15) is 29.3 Å². The van der Waals surface area contributed by atoms with Crippen molar-refractivity contribution in [2.24, 2.45) is 0 Å². The lowest BCUT2D eigenvalue weighted by Gasteiger charge is -2.07. The van der Waals surface area contributed by atoms with E-state index in [0.717, 1.165) is 22.6 Å². The van der Waals surface area contributed by atoms with Crippen molar-refractivity contribution in [3.8, 4) is 5.75 Å². The molecule has 5 heteroatoms. The SMILES string of the molecule is CCOc1ccccc1/C=C/C(=O)NCc1c(C)cc(C)[nH]c1=O. The Balaban J connectivity index is 2.03. The summed E-state index contributed by atoms with van der Waals surface area (Å²) >= 11 is 0. The third-order valence-electron chi connectivity index (χ3n) is 3.57. The molecule has 24 heavy (non-hydrogen) atoms. The van der Waals surface area contributed by atoms with E-state index in [4.69, 9.17) is 4.74 Å². The molecule has 0 aliphatic carbocycles. The van der Waals surface area contributed by atoms with E-state index in [1.807, 2.05) is 51.1 Å². The molecule has 0 radical (unpaired) electrons.